The number of nitrogens with zero attached hydrogens (tertiary/aromatic N) is 2. The predicted octanol–water partition coefficient (Wildman–Crippen LogP) is 1.78. The van der Waals surface area contributed by atoms with Crippen molar-refractivity contribution < 1.29 is 4.52 Å². The third kappa shape index (κ3) is 1.38. The molecule has 0 saturated carbocycles. The van der Waals surface area contributed by atoms with Gasteiger partial charge in [-0.3, -0.25) is 0 Å². The van der Waals surface area contributed by atoms with Gasteiger partial charge < -0.3 is 9.84 Å². The maximum Gasteiger partial charge on any atom is 0.253 e. The van der Waals surface area contributed by atoms with E-state index in [0.29, 0.717) is 5.88 Å². The number of anilines is 1. The second-order valence-corrected chi connectivity index (χ2v) is 2.57. The molecule has 2 aromatic rings. The van der Waals surface area contributed by atoms with E-state index in [1.807, 2.05) is 30.3 Å². The summed E-state index contributed by atoms with van der Waals surface area (Å²) in [6.45, 7) is 0. The third-order valence-corrected chi connectivity index (χ3v) is 1.76. The van der Waals surface area contributed by atoms with Crippen LogP contribution in [0.5, 0.6) is 0 Å². The Labute approximate surface area is 75.6 Å². The van der Waals surface area contributed by atoms with Crippen molar-refractivity contribution >= 4 is 5.88 Å². The molecule has 0 radical (unpaired) electrons. The Morgan fingerprint density at radius 3 is 2.69 bits per heavy atom. The Kier molecular flexibility index (Phi) is 1.96. The van der Waals surface area contributed by atoms with Crippen LogP contribution in [0.4, 0.5) is 5.88 Å². The molecule has 0 spiro atoms. The van der Waals surface area contributed by atoms with Crippen molar-refractivity contribution in [3.8, 4) is 11.3 Å². The number of rotatable bonds is 2. The lowest BCUT2D eigenvalue weighted by Crippen LogP contribution is -1.88. The van der Waals surface area contributed by atoms with Crippen molar-refractivity contribution in [1.29, 1.82) is 0 Å². The Hall–Kier alpha value is -1.84. The number of hydrogen-bond acceptors (Lipinski definition) is 4. The van der Waals surface area contributed by atoms with Gasteiger partial charge in [0.05, 0.1) is 0 Å². The SMILES string of the molecule is CNc1onnc1-c1ccccc1. The molecule has 1 aromatic heterocycles. The largest absolute Gasteiger partial charge is 0.355 e. The van der Waals surface area contributed by atoms with E-state index in [4.69, 9.17) is 4.52 Å². The molecule has 0 bridgehead atoms. The average Bonchev–Trinajstić information content (AvgIpc) is 2.67. The van der Waals surface area contributed by atoms with Crippen LogP contribution in [0, 0.1) is 0 Å². The molecule has 1 aromatic carbocycles. The van der Waals surface area contributed by atoms with E-state index < -0.39 is 0 Å². The fourth-order valence-corrected chi connectivity index (χ4v) is 1.14. The molecule has 2 rings (SSSR count). The van der Waals surface area contributed by atoms with E-state index in [1.54, 1.807) is 7.05 Å². The minimum atomic E-state index is 0.589. The lowest BCUT2D eigenvalue weighted by atomic mass is 10.2. The van der Waals surface area contributed by atoms with Gasteiger partial charge in [-0.1, -0.05) is 30.3 Å². The zero-order chi connectivity index (χ0) is 9.10. The summed E-state index contributed by atoms with van der Waals surface area (Å²) >= 11 is 0. The number of hydrogen-bond donors (Lipinski definition) is 1. The summed E-state index contributed by atoms with van der Waals surface area (Å²) in [7, 11) is 1.77. The van der Waals surface area contributed by atoms with Gasteiger partial charge in [0.1, 0.15) is 0 Å². The van der Waals surface area contributed by atoms with E-state index in [9.17, 15) is 0 Å². The summed E-state index contributed by atoms with van der Waals surface area (Å²) in [4.78, 5) is 0. The summed E-state index contributed by atoms with van der Waals surface area (Å²) in [5.41, 5.74) is 1.73. The van der Waals surface area contributed by atoms with Crippen LogP contribution < -0.4 is 5.32 Å². The molecular formula is C9H9N3O. The first-order chi connectivity index (χ1) is 6.42. The van der Waals surface area contributed by atoms with Gasteiger partial charge in [-0.2, -0.15) is 0 Å². The number of benzene rings is 1. The van der Waals surface area contributed by atoms with Crippen LogP contribution in [0.15, 0.2) is 34.9 Å². The van der Waals surface area contributed by atoms with E-state index in [1.165, 1.54) is 0 Å². The highest BCUT2D eigenvalue weighted by atomic mass is 16.5. The van der Waals surface area contributed by atoms with Gasteiger partial charge in [-0.05, 0) is 0 Å². The van der Waals surface area contributed by atoms with Crippen molar-refractivity contribution in [2.75, 3.05) is 12.4 Å². The zero-order valence-corrected chi connectivity index (χ0v) is 7.19. The molecule has 0 amide bonds. The molecule has 0 saturated heterocycles. The average molecular weight is 175 g/mol. The molecule has 0 aliphatic heterocycles. The molecule has 4 nitrogen and oxygen atoms in total. The fourth-order valence-electron chi connectivity index (χ4n) is 1.14. The van der Waals surface area contributed by atoms with Gasteiger partial charge in [-0.15, -0.1) is 5.10 Å². The topological polar surface area (TPSA) is 51.0 Å². The highest BCUT2D eigenvalue weighted by molar-refractivity contribution is 5.69. The van der Waals surface area contributed by atoms with Crippen LogP contribution in [0.1, 0.15) is 0 Å². The van der Waals surface area contributed by atoms with Crippen LogP contribution in [-0.4, -0.2) is 17.4 Å². The lowest BCUT2D eigenvalue weighted by molar-refractivity contribution is 0.405. The van der Waals surface area contributed by atoms with Gasteiger partial charge >= 0.3 is 0 Å². The molecule has 0 unspecified atom stereocenters. The summed E-state index contributed by atoms with van der Waals surface area (Å²) in [6.07, 6.45) is 0. The minimum absolute atomic E-state index is 0.589. The molecule has 66 valence electrons. The van der Waals surface area contributed by atoms with Crippen molar-refractivity contribution in [2.24, 2.45) is 0 Å². The minimum Gasteiger partial charge on any atom is -0.355 e. The molecule has 0 aliphatic rings. The Morgan fingerprint density at radius 1 is 1.23 bits per heavy atom. The maximum atomic E-state index is 4.90. The molecule has 0 atom stereocenters. The normalized spacial score (nSPS) is 9.92. The van der Waals surface area contributed by atoms with Gasteiger partial charge in [-0.25, -0.2) is 0 Å². The van der Waals surface area contributed by atoms with Gasteiger partial charge in [0, 0.05) is 17.9 Å². The molecule has 13 heavy (non-hydrogen) atoms. The number of aromatic nitrogens is 2. The Balaban J connectivity index is 2.47. The molecule has 1 N–H and O–H groups in total. The van der Waals surface area contributed by atoms with Crippen molar-refractivity contribution in [2.45, 2.75) is 0 Å². The van der Waals surface area contributed by atoms with E-state index in [-0.39, 0.29) is 0 Å². The Morgan fingerprint density at radius 2 is 2.00 bits per heavy atom. The third-order valence-electron chi connectivity index (χ3n) is 1.76. The highest BCUT2D eigenvalue weighted by Gasteiger charge is 2.09. The van der Waals surface area contributed by atoms with Crippen molar-refractivity contribution in [3.63, 3.8) is 0 Å². The van der Waals surface area contributed by atoms with Crippen LogP contribution in [0.25, 0.3) is 11.3 Å². The molecular weight excluding hydrogens is 166 g/mol. The predicted molar refractivity (Wildman–Crippen MR) is 49.3 cm³/mol. The van der Waals surface area contributed by atoms with E-state index in [0.717, 1.165) is 11.3 Å². The Bertz CT molecular complexity index is 383. The molecule has 0 fully saturated rings. The molecule has 4 heteroatoms. The van der Waals surface area contributed by atoms with Crippen molar-refractivity contribution in [1.82, 2.24) is 10.4 Å². The summed E-state index contributed by atoms with van der Waals surface area (Å²) in [6, 6.07) is 9.77. The van der Waals surface area contributed by atoms with Crippen LogP contribution >= 0.6 is 0 Å². The zero-order valence-electron chi connectivity index (χ0n) is 7.19. The summed E-state index contributed by atoms with van der Waals surface area (Å²) < 4.78 is 4.90. The fraction of sp³-hybridized carbons (Fsp3) is 0.111. The smallest absolute Gasteiger partial charge is 0.253 e. The summed E-state index contributed by atoms with van der Waals surface area (Å²) in [5.74, 6) is 0.589. The first kappa shape index (κ1) is 7.79. The second-order valence-electron chi connectivity index (χ2n) is 2.57. The monoisotopic (exact) mass is 175 g/mol. The quantitative estimate of drug-likeness (QED) is 0.755. The van der Waals surface area contributed by atoms with Gasteiger partial charge in [0.25, 0.3) is 5.88 Å². The van der Waals surface area contributed by atoms with Crippen molar-refractivity contribution in [3.05, 3.63) is 30.3 Å². The standard InChI is InChI=1S/C9H9N3O/c1-10-9-8(11-12-13-9)7-5-3-2-4-6-7/h2-6,10H,1H3. The first-order valence-electron chi connectivity index (χ1n) is 3.97. The van der Waals surface area contributed by atoms with E-state index >= 15 is 0 Å². The highest BCUT2D eigenvalue weighted by Crippen LogP contribution is 2.23. The molecule has 0 aliphatic carbocycles. The molecule has 1 heterocycles. The van der Waals surface area contributed by atoms with E-state index in [2.05, 4.69) is 15.7 Å². The van der Waals surface area contributed by atoms with Crippen LogP contribution in [0.2, 0.25) is 0 Å². The maximum absolute atomic E-state index is 4.90. The number of nitrogens with one attached hydrogen (secondary N) is 1. The summed E-state index contributed by atoms with van der Waals surface area (Å²) in [5, 5.41) is 10.2. The lowest BCUT2D eigenvalue weighted by Gasteiger charge is -1.96. The van der Waals surface area contributed by atoms with Gasteiger partial charge in [0.15, 0.2) is 5.69 Å². The van der Waals surface area contributed by atoms with Crippen LogP contribution in [0.3, 0.4) is 0 Å². The van der Waals surface area contributed by atoms with Gasteiger partial charge in [0.2, 0.25) is 0 Å². The second kappa shape index (κ2) is 3.26. The first-order valence-corrected chi connectivity index (χ1v) is 3.97. The van der Waals surface area contributed by atoms with Crippen LogP contribution in [-0.2, 0) is 0 Å².